The van der Waals surface area contributed by atoms with Crippen LogP contribution in [0.15, 0.2) is 0 Å². The Hall–Kier alpha value is -0.590. The maximum absolute atomic E-state index is 12.7. The van der Waals surface area contributed by atoms with Gasteiger partial charge in [-0.1, -0.05) is 19.3 Å². The Labute approximate surface area is 166 Å². The molecule has 1 saturated carbocycles. The summed E-state index contributed by atoms with van der Waals surface area (Å²) >= 11 is 0. The summed E-state index contributed by atoms with van der Waals surface area (Å²) in [5, 5.41) is 3.03. The van der Waals surface area contributed by atoms with Crippen LogP contribution in [0.5, 0.6) is 0 Å². The molecule has 1 saturated heterocycles. The highest BCUT2D eigenvalue weighted by Gasteiger charge is 2.28. The number of Topliss-reactive ketones (excluding diaryl/α,β-unsaturated/α-hetero) is 1. The second-order valence-electron chi connectivity index (χ2n) is 8.30. The van der Waals surface area contributed by atoms with Crippen molar-refractivity contribution < 1.29 is 9.59 Å². The fourth-order valence-corrected chi connectivity index (χ4v) is 3.97. The van der Waals surface area contributed by atoms with E-state index in [0.717, 1.165) is 52.0 Å². The quantitative estimate of drug-likeness (QED) is 0.697. The number of hydrogen-bond donors (Lipinski definition) is 1. The molecule has 2 aliphatic rings. The van der Waals surface area contributed by atoms with Gasteiger partial charge in [0, 0.05) is 50.5 Å². The zero-order valence-corrected chi connectivity index (χ0v) is 17.9. The molecule has 2 rings (SSSR count). The lowest BCUT2D eigenvalue weighted by molar-refractivity contribution is -0.132. The number of piperazine rings is 1. The second kappa shape index (κ2) is 12.0. The van der Waals surface area contributed by atoms with Crippen molar-refractivity contribution in [2.75, 3.05) is 39.8 Å². The maximum atomic E-state index is 12.7. The number of ketones is 1. The van der Waals surface area contributed by atoms with Gasteiger partial charge >= 0.3 is 0 Å². The lowest BCUT2D eigenvalue weighted by Gasteiger charge is -2.33. The summed E-state index contributed by atoms with van der Waals surface area (Å²) in [7, 11) is 2.15. The minimum atomic E-state index is -0.170. The molecule has 1 N–H and O–H groups in total. The Morgan fingerprint density at radius 2 is 1.65 bits per heavy atom. The molecule has 1 aliphatic carbocycles. The molecule has 1 aliphatic heterocycles. The average molecular weight is 386 g/mol. The minimum absolute atomic E-state index is 0. The van der Waals surface area contributed by atoms with Crippen LogP contribution in [0.2, 0.25) is 0 Å². The summed E-state index contributed by atoms with van der Waals surface area (Å²) in [6, 6.07) is 0.128. The first-order valence-corrected chi connectivity index (χ1v) is 10.2. The highest BCUT2D eigenvalue weighted by atomic mass is 32.1. The third kappa shape index (κ3) is 7.97. The molecular formula is C20H39N3O2S. The predicted octanol–water partition coefficient (Wildman–Crippen LogP) is 2.42. The monoisotopic (exact) mass is 385 g/mol. The second-order valence-corrected chi connectivity index (χ2v) is 8.30. The molecule has 6 heteroatoms. The van der Waals surface area contributed by atoms with Crippen molar-refractivity contribution in [3.63, 3.8) is 0 Å². The normalized spacial score (nSPS) is 21.2. The number of carbonyl (C=O) groups is 2. The van der Waals surface area contributed by atoms with Crippen LogP contribution in [-0.4, -0.2) is 67.3 Å². The summed E-state index contributed by atoms with van der Waals surface area (Å²) in [5.41, 5.74) is 0. The third-order valence-corrected chi connectivity index (χ3v) is 5.70. The van der Waals surface area contributed by atoms with Gasteiger partial charge in [0.1, 0.15) is 5.78 Å². The first-order chi connectivity index (χ1) is 12.0. The van der Waals surface area contributed by atoms with Crippen LogP contribution in [0.4, 0.5) is 0 Å². The van der Waals surface area contributed by atoms with E-state index < -0.39 is 0 Å². The number of nitrogens with zero attached hydrogens (tertiary/aromatic N) is 2. The van der Waals surface area contributed by atoms with Gasteiger partial charge in [0.2, 0.25) is 5.91 Å². The van der Waals surface area contributed by atoms with Crippen molar-refractivity contribution in [3.05, 3.63) is 0 Å². The van der Waals surface area contributed by atoms with E-state index >= 15 is 0 Å². The number of rotatable bonds is 8. The fraction of sp³-hybridized carbons (Fsp3) is 0.900. The van der Waals surface area contributed by atoms with Crippen molar-refractivity contribution in [1.29, 1.82) is 0 Å². The average Bonchev–Trinajstić information content (AvgIpc) is 2.60. The summed E-state index contributed by atoms with van der Waals surface area (Å²) in [6.07, 6.45) is 6.86. The Morgan fingerprint density at radius 1 is 1.04 bits per heavy atom. The van der Waals surface area contributed by atoms with Gasteiger partial charge in [-0.3, -0.25) is 9.59 Å². The van der Waals surface area contributed by atoms with E-state index in [2.05, 4.69) is 22.2 Å². The lowest BCUT2D eigenvalue weighted by atomic mass is 9.82. The molecule has 0 radical (unpaired) electrons. The van der Waals surface area contributed by atoms with E-state index in [9.17, 15) is 9.59 Å². The summed E-state index contributed by atoms with van der Waals surface area (Å²) in [5.74, 6) is 0.415. The van der Waals surface area contributed by atoms with E-state index in [1.807, 2.05) is 13.8 Å². The van der Waals surface area contributed by atoms with Crippen LogP contribution in [0.25, 0.3) is 0 Å². The molecule has 0 bridgehead atoms. The van der Waals surface area contributed by atoms with Gasteiger partial charge in [-0.15, -0.1) is 0 Å². The molecular weight excluding hydrogens is 346 g/mol. The smallest absolute Gasteiger partial charge is 0.223 e. The third-order valence-electron chi connectivity index (χ3n) is 5.70. The zero-order valence-electron chi connectivity index (χ0n) is 16.9. The molecule has 0 unspecified atom stereocenters. The minimum Gasteiger partial charge on any atom is -0.354 e. The van der Waals surface area contributed by atoms with E-state index in [4.69, 9.17) is 0 Å². The first kappa shape index (κ1) is 23.4. The predicted molar refractivity (Wildman–Crippen MR) is 112 cm³/mol. The SMILES string of the molecule is CC(C)NC(=O)[C@H](CCN1CCN(C)CC1)CC(=O)C1CCCCC1.S. The Balaban J connectivity index is 0.00000338. The van der Waals surface area contributed by atoms with E-state index in [-0.39, 0.29) is 37.3 Å². The first-order valence-electron chi connectivity index (χ1n) is 10.2. The Morgan fingerprint density at radius 3 is 2.23 bits per heavy atom. The van der Waals surface area contributed by atoms with Crippen LogP contribution in [-0.2, 0) is 9.59 Å². The number of nitrogens with one attached hydrogen (secondary N) is 1. The number of hydrogen-bond acceptors (Lipinski definition) is 4. The van der Waals surface area contributed by atoms with Crippen molar-refractivity contribution >= 4 is 25.2 Å². The van der Waals surface area contributed by atoms with Crippen LogP contribution in [0.1, 0.15) is 58.8 Å². The molecule has 2 fully saturated rings. The Kier molecular flexibility index (Phi) is 10.8. The van der Waals surface area contributed by atoms with Gasteiger partial charge in [0.15, 0.2) is 0 Å². The van der Waals surface area contributed by atoms with Crippen molar-refractivity contribution in [2.45, 2.75) is 64.8 Å². The van der Waals surface area contributed by atoms with E-state index in [1.54, 1.807) is 0 Å². The standard InChI is InChI=1S/C20H37N3O2.H2S/c1-16(2)21-20(25)18(9-10-23-13-11-22(3)12-14-23)15-19(24)17-7-5-4-6-8-17;/h16-18H,4-15H2,1-3H3,(H,21,25);1H2/t18-;/m1./s1. The Bertz CT molecular complexity index is 431. The van der Waals surface area contributed by atoms with Gasteiger partial charge < -0.3 is 15.1 Å². The van der Waals surface area contributed by atoms with Gasteiger partial charge in [0.25, 0.3) is 0 Å². The molecule has 152 valence electrons. The van der Waals surface area contributed by atoms with Gasteiger partial charge in [-0.25, -0.2) is 0 Å². The molecule has 0 aromatic heterocycles. The van der Waals surface area contributed by atoms with Crippen LogP contribution in [0, 0.1) is 11.8 Å². The number of amides is 1. The topological polar surface area (TPSA) is 52.7 Å². The van der Waals surface area contributed by atoms with Crippen molar-refractivity contribution in [2.24, 2.45) is 11.8 Å². The van der Waals surface area contributed by atoms with Crippen molar-refractivity contribution in [3.8, 4) is 0 Å². The van der Waals surface area contributed by atoms with Gasteiger partial charge in [0.05, 0.1) is 0 Å². The van der Waals surface area contributed by atoms with Crippen molar-refractivity contribution in [1.82, 2.24) is 15.1 Å². The molecule has 26 heavy (non-hydrogen) atoms. The molecule has 1 heterocycles. The summed E-state index contributed by atoms with van der Waals surface area (Å²) in [6.45, 7) is 9.18. The highest BCUT2D eigenvalue weighted by molar-refractivity contribution is 7.59. The van der Waals surface area contributed by atoms with E-state index in [0.29, 0.717) is 12.2 Å². The van der Waals surface area contributed by atoms with Gasteiger partial charge in [-0.2, -0.15) is 13.5 Å². The number of likely N-dealkylation sites (N-methyl/N-ethyl adjacent to an activating group) is 1. The van der Waals surface area contributed by atoms with Crippen LogP contribution < -0.4 is 5.32 Å². The largest absolute Gasteiger partial charge is 0.354 e. The summed E-state index contributed by atoms with van der Waals surface area (Å²) < 4.78 is 0. The molecule has 0 aromatic carbocycles. The molecule has 5 nitrogen and oxygen atoms in total. The lowest BCUT2D eigenvalue weighted by Crippen LogP contribution is -2.46. The maximum Gasteiger partial charge on any atom is 0.223 e. The molecule has 1 amide bonds. The molecule has 0 aromatic rings. The number of carbonyl (C=O) groups excluding carboxylic acids is 2. The molecule has 1 atom stereocenters. The zero-order chi connectivity index (χ0) is 18.2. The fourth-order valence-electron chi connectivity index (χ4n) is 3.97. The van der Waals surface area contributed by atoms with Crippen LogP contribution in [0.3, 0.4) is 0 Å². The van der Waals surface area contributed by atoms with E-state index in [1.165, 1.54) is 19.3 Å². The highest BCUT2D eigenvalue weighted by Crippen LogP contribution is 2.27. The summed E-state index contributed by atoms with van der Waals surface area (Å²) in [4.78, 5) is 30.1. The molecule has 0 spiro atoms. The van der Waals surface area contributed by atoms with Crippen LogP contribution >= 0.6 is 13.5 Å². The van der Waals surface area contributed by atoms with Gasteiger partial charge in [-0.05, 0) is 46.7 Å².